The maximum atomic E-state index is 3.68. The molecule has 1 aliphatic rings. The average Bonchev–Trinajstić information content (AvgIpc) is 1.85. The second-order valence-electron chi connectivity index (χ2n) is 3.66. The van der Waals surface area contributed by atoms with Crippen molar-refractivity contribution < 1.29 is 0 Å². The molecule has 1 fully saturated rings. The highest BCUT2D eigenvalue weighted by molar-refractivity contribution is 8.00. The third kappa shape index (κ3) is 2.68. The van der Waals surface area contributed by atoms with E-state index in [2.05, 4.69) is 26.1 Å². The summed E-state index contributed by atoms with van der Waals surface area (Å²) in [5.74, 6) is 3.43. The minimum Gasteiger partial charge on any atom is -0.309 e. The molecule has 0 radical (unpaired) electrons. The molecule has 1 aliphatic heterocycles. The summed E-state index contributed by atoms with van der Waals surface area (Å²) in [5, 5.41) is 3.68. The standard InChI is InChI=1S/C9H19NS/c1-4-9(7(2)3)10-8-5-11-6-8/h7-10H,4-6H2,1-3H3. The summed E-state index contributed by atoms with van der Waals surface area (Å²) in [5.41, 5.74) is 0. The fourth-order valence-electron chi connectivity index (χ4n) is 1.42. The van der Waals surface area contributed by atoms with Gasteiger partial charge in [0.25, 0.3) is 0 Å². The third-order valence-electron chi connectivity index (χ3n) is 2.33. The van der Waals surface area contributed by atoms with Crippen LogP contribution in [-0.2, 0) is 0 Å². The van der Waals surface area contributed by atoms with Crippen molar-refractivity contribution in [2.45, 2.75) is 39.3 Å². The predicted octanol–water partition coefficient (Wildman–Crippen LogP) is 2.13. The van der Waals surface area contributed by atoms with Gasteiger partial charge in [0, 0.05) is 23.6 Å². The van der Waals surface area contributed by atoms with Crippen molar-refractivity contribution in [2.75, 3.05) is 11.5 Å². The van der Waals surface area contributed by atoms with E-state index in [-0.39, 0.29) is 0 Å². The van der Waals surface area contributed by atoms with Gasteiger partial charge in [0.1, 0.15) is 0 Å². The van der Waals surface area contributed by atoms with Crippen LogP contribution in [0.15, 0.2) is 0 Å². The number of hydrogen-bond acceptors (Lipinski definition) is 2. The van der Waals surface area contributed by atoms with Crippen molar-refractivity contribution in [1.29, 1.82) is 0 Å². The molecule has 0 aromatic heterocycles. The summed E-state index contributed by atoms with van der Waals surface area (Å²) in [6.45, 7) is 6.86. The van der Waals surface area contributed by atoms with E-state index in [9.17, 15) is 0 Å². The second kappa shape index (κ2) is 4.36. The first kappa shape index (κ1) is 9.40. The molecule has 1 rings (SSSR count). The van der Waals surface area contributed by atoms with E-state index in [0.717, 1.165) is 18.0 Å². The lowest BCUT2D eigenvalue weighted by molar-refractivity contribution is 0.361. The number of rotatable bonds is 4. The van der Waals surface area contributed by atoms with Crippen LogP contribution in [0, 0.1) is 5.92 Å². The van der Waals surface area contributed by atoms with Crippen LogP contribution < -0.4 is 5.32 Å². The Morgan fingerprint density at radius 3 is 2.36 bits per heavy atom. The maximum absolute atomic E-state index is 3.68. The highest BCUT2D eigenvalue weighted by Gasteiger charge is 2.21. The molecule has 1 heterocycles. The van der Waals surface area contributed by atoms with Gasteiger partial charge in [-0.15, -0.1) is 0 Å². The lowest BCUT2D eigenvalue weighted by atomic mass is 10.0. The molecule has 0 aliphatic carbocycles. The summed E-state index contributed by atoms with van der Waals surface area (Å²) in [6.07, 6.45) is 1.26. The van der Waals surface area contributed by atoms with Crippen molar-refractivity contribution in [3.63, 3.8) is 0 Å². The topological polar surface area (TPSA) is 12.0 Å². The Balaban J connectivity index is 2.19. The van der Waals surface area contributed by atoms with Gasteiger partial charge in [-0.05, 0) is 12.3 Å². The van der Waals surface area contributed by atoms with Crippen LogP contribution in [-0.4, -0.2) is 23.6 Å². The Bertz CT molecular complexity index is 110. The van der Waals surface area contributed by atoms with Gasteiger partial charge in [0.2, 0.25) is 0 Å². The minimum absolute atomic E-state index is 0.737. The molecule has 0 spiro atoms. The molecular formula is C9H19NS. The lowest BCUT2D eigenvalue weighted by Crippen LogP contribution is -2.47. The largest absolute Gasteiger partial charge is 0.309 e. The highest BCUT2D eigenvalue weighted by atomic mass is 32.2. The molecule has 0 aromatic rings. The number of thioether (sulfide) groups is 1. The summed E-state index contributed by atoms with van der Waals surface area (Å²) in [4.78, 5) is 0. The zero-order valence-corrected chi connectivity index (χ0v) is 8.58. The van der Waals surface area contributed by atoms with E-state index in [1.807, 2.05) is 11.8 Å². The smallest absolute Gasteiger partial charge is 0.0251 e. The zero-order chi connectivity index (χ0) is 8.27. The zero-order valence-electron chi connectivity index (χ0n) is 7.76. The van der Waals surface area contributed by atoms with Crippen LogP contribution in [0.4, 0.5) is 0 Å². The van der Waals surface area contributed by atoms with Gasteiger partial charge in [0.05, 0.1) is 0 Å². The SMILES string of the molecule is CCC(NC1CSC1)C(C)C. The Labute approximate surface area is 74.3 Å². The molecule has 2 heteroatoms. The van der Waals surface area contributed by atoms with Crippen molar-refractivity contribution in [3.8, 4) is 0 Å². The monoisotopic (exact) mass is 173 g/mol. The van der Waals surface area contributed by atoms with E-state index in [1.165, 1.54) is 17.9 Å². The Kier molecular flexibility index (Phi) is 3.73. The Hall–Kier alpha value is 0.310. The van der Waals surface area contributed by atoms with Crippen molar-refractivity contribution in [3.05, 3.63) is 0 Å². The minimum atomic E-state index is 0.737. The quantitative estimate of drug-likeness (QED) is 0.699. The molecule has 1 N–H and O–H groups in total. The fourth-order valence-corrected chi connectivity index (χ4v) is 2.08. The van der Waals surface area contributed by atoms with E-state index >= 15 is 0 Å². The first-order chi connectivity index (χ1) is 5.24. The van der Waals surface area contributed by atoms with Crippen LogP contribution in [0.25, 0.3) is 0 Å². The van der Waals surface area contributed by atoms with Gasteiger partial charge < -0.3 is 5.32 Å². The lowest BCUT2D eigenvalue weighted by Gasteiger charge is -2.32. The van der Waals surface area contributed by atoms with Crippen LogP contribution in [0.1, 0.15) is 27.2 Å². The van der Waals surface area contributed by atoms with Crippen LogP contribution >= 0.6 is 11.8 Å². The normalized spacial score (nSPS) is 21.8. The summed E-state index contributed by atoms with van der Waals surface area (Å²) < 4.78 is 0. The molecule has 1 nitrogen and oxygen atoms in total. The van der Waals surface area contributed by atoms with Crippen LogP contribution in [0.3, 0.4) is 0 Å². The maximum Gasteiger partial charge on any atom is 0.0251 e. The Morgan fingerprint density at radius 2 is 2.09 bits per heavy atom. The molecule has 0 aromatic carbocycles. The first-order valence-electron chi connectivity index (χ1n) is 4.57. The molecule has 11 heavy (non-hydrogen) atoms. The number of nitrogens with one attached hydrogen (secondary N) is 1. The average molecular weight is 173 g/mol. The van der Waals surface area contributed by atoms with Gasteiger partial charge in [-0.25, -0.2) is 0 Å². The van der Waals surface area contributed by atoms with E-state index in [4.69, 9.17) is 0 Å². The molecule has 0 amide bonds. The predicted molar refractivity (Wildman–Crippen MR) is 53.2 cm³/mol. The summed E-state index contributed by atoms with van der Waals surface area (Å²) >= 11 is 2.05. The van der Waals surface area contributed by atoms with Crippen LogP contribution in [0.5, 0.6) is 0 Å². The van der Waals surface area contributed by atoms with E-state index in [1.54, 1.807) is 0 Å². The molecule has 1 saturated heterocycles. The first-order valence-corrected chi connectivity index (χ1v) is 5.73. The molecule has 0 bridgehead atoms. The van der Waals surface area contributed by atoms with E-state index < -0.39 is 0 Å². The molecular weight excluding hydrogens is 154 g/mol. The van der Waals surface area contributed by atoms with Gasteiger partial charge in [-0.1, -0.05) is 20.8 Å². The molecule has 1 unspecified atom stereocenters. The number of hydrogen-bond donors (Lipinski definition) is 1. The van der Waals surface area contributed by atoms with E-state index in [0.29, 0.717) is 0 Å². The van der Waals surface area contributed by atoms with Crippen LogP contribution in [0.2, 0.25) is 0 Å². The molecule has 0 saturated carbocycles. The van der Waals surface area contributed by atoms with Crippen molar-refractivity contribution in [1.82, 2.24) is 5.32 Å². The van der Waals surface area contributed by atoms with Gasteiger partial charge in [-0.3, -0.25) is 0 Å². The molecule has 1 atom stereocenters. The molecule has 66 valence electrons. The van der Waals surface area contributed by atoms with Gasteiger partial charge in [-0.2, -0.15) is 11.8 Å². The van der Waals surface area contributed by atoms with Gasteiger partial charge in [0.15, 0.2) is 0 Å². The summed E-state index contributed by atoms with van der Waals surface area (Å²) in [6, 6.07) is 1.55. The Morgan fingerprint density at radius 1 is 1.45 bits per heavy atom. The van der Waals surface area contributed by atoms with Gasteiger partial charge >= 0.3 is 0 Å². The second-order valence-corrected chi connectivity index (χ2v) is 4.73. The van der Waals surface area contributed by atoms with Crippen molar-refractivity contribution >= 4 is 11.8 Å². The van der Waals surface area contributed by atoms with Crippen molar-refractivity contribution in [2.24, 2.45) is 5.92 Å². The highest BCUT2D eigenvalue weighted by Crippen LogP contribution is 2.19. The third-order valence-corrected chi connectivity index (χ3v) is 3.61. The fraction of sp³-hybridized carbons (Fsp3) is 1.00. The summed E-state index contributed by atoms with van der Waals surface area (Å²) in [7, 11) is 0.